The van der Waals surface area contributed by atoms with Crippen LogP contribution in [0.15, 0.2) is 54.6 Å². The third-order valence-corrected chi connectivity index (χ3v) is 7.56. The smallest absolute Gasteiger partial charge is 0.176 e. The zero-order valence-corrected chi connectivity index (χ0v) is 19.8. The topological polar surface area (TPSA) is 57.2 Å². The van der Waals surface area contributed by atoms with Gasteiger partial charge in [0.1, 0.15) is 6.10 Å². The third-order valence-electron chi connectivity index (χ3n) is 7.56. The van der Waals surface area contributed by atoms with E-state index >= 15 is 0 Å². The molecule has 3 aliphatic heterocycles. The molecule has 5 unspecified atom stereocenters. The van der Waals surface area contributed by atoms with E-state index in [9.17, 15) is 5.11 Å². The molecule has 2 aromatic carbocycles. The Morgan fingerprint density at radius 1 is 1.00 bits per heavy atom. The number of ether oxygens (including phenoxy) is 2. The van der Waals surface area contributed by atoms with Crippen LogP contribution in [-0.4, -0.2) is 74.4 Å². The summed E-state index contributed by atoms with van der Waals surface area (Å²) in [4.78, 5) is 4.50. The summed E-state index contributed by atoms with van der Waals surface area (Å²) >= 11 is 0. The van der Waals surface area contributed by atoms with E-state index in [2.05, 4.69) is 69.7 Å². The number of aliphatic hydroxyl groups excluding tert-OH is 1. The standard InChI is InChI=1S/C27H37N3O3/c1-29(2)22-10-8-21(9-11-22)17-28-24-23-18-32-27(33-23)25(26(24)31)30-14-12-20(13-15-30)16-19-6-4-3-5-7-19/h3-11,20,23-28,31H,12-18H2,1-2H3. The van der Waals surface area contributed by atoms with Crippen molar-refractivity contribution in [2.75, 3.05) is 38.7 Å². The molecule has 178 valence electrons. The van der Waals surface area contributed by atoms with Gasteiger partial charge in [0.25, 0.3) is 0 Å². The van der Waals surface area contributed by atoms with Crippen molar-refractivity contribution in [1.82, 2.24) is 10.2 Å². The molecule has 3 saturated heterocycles. The van der Waals surface area contributed by atoms with Crippen LogP contribution in [0.2, 0.25) is 0 Å². The molecule has 0 amide bonds. The van der Waals surface area contributed by atoms with E-state index in [1.807, 2.05) is 14.1 Å². The highest BCUT2D eigenvalue weighted by molar-refractivity contribution is 5.46. The molecule has 6 nitrogen and oxygen atoms in total. The van der Waals surface area contributed by atoms with Gasteiger partial charge in [0.05, 0.1) is 24.8 Å². The van der Waals surface area contributed by atoms with Gasteiger partial charge in [0, 0.05) is 26.3 Å². The van der Waals surface area contributed by atoms with Crippen LogP contribution in [0.3, 0.4) is 0 Å². The first-order chi connectivity index (χ1) is 16.1. The lowest BCUT2D eigenvalue weighted by molar-refractivity contribution is -0.186. The van der Waals surface area contributed by atoms with Crippen molar-refractivity contribution in [3.63, 3.8) is 0 Å². The molecule has 3 heterocycles. The van der Waals surface area contributed by atoms with Crippen molar-refractivity contribution < 1.29 is 14.6 Å². The Morgan fingerprint density at radius 2 is 1.73 bits per heavy atom. The van der Waals surface area contributed by atoms with Gasteiger partial charge in [-0.2, -0.15) is 0 Å². The van der Waals surface area contributed by atoms with Crippen LogP contribution >= 0.6 is 0 Å². The van der Waals surface area contributed by atoms with Crippen molar-refractivity contribution in [3.05, 3.63) is 65.7 Å². The Morgan fingerprint density at radius 3 is 2.42 bits per heavy atom. The number of piperidine rings is 1. The number of rotatable bonds is 7. The Kier molecular flexibility index (Phi) is 6.99. The van der Waals surface area contributed by atoms with Crippen molar-refractivity contribution in [1.29, 1.82) is 0 Å². The van der Waals surface area contributed by atoms with Crippen molar-refractivity contribution in [2.45, 2.75) is 56.4 Å². The maximum Gasteiger partial charge on any atom is 0.176 e. The Bertz CT molecular complexity index is 883. The minimum absolute atomic E-state index is 0.0991. The van der Waals surface area contributed by atoms with Gasteiger partial charge in [-0.25, -0.2) is 0 Å². The summed E-state index contributed by atoms with van der Waals surface area (Å²) in [5.41, 5.74) is 3.80. The molecule has 2 aromatic rings. The fraction of sp³-hybridized carbons (Fsp3) is 0.556. The molecule has 6 heteroatoms. The van der Waals surface area contributed by atoms with E-state index in [4.69, 9.17) is 9.47 Å². The van der Waals surface area contributed by atoms with Crippen LogP contribution in [-0.2, 0) is 22.4 Å². The molecule has 0 saturated carbocycles. The average Bonchev–Trinajstić information content (AvgIpc) is 3.26. The molecule has 0 aromatic heterocycles. The molecule has 0 radical (unpaired) electrons. The number of aliphatic hydroxyl groups is 1. The van der Waals surface area contributed by atoms with Crippen LogP contribution < -0.4 is 10.2 Å². The quantitative estimate of drug-likeness (QED) is 0.675. The van der Waals surface area contributed by atoms with E-state index in [-0.39, 0.29) is 24.5 Å². The number of benzene rings is 2. The highest BCUT2D eigenvalue weighted by Gasteiger charge is 2.52. The fourth-order valence-corrected chi connectivity index (χ4v) is 5.59. The van der Waals surface area contributed by atoms with Gasteiger partial charge >= 0.3 is 0 Å². The highest BCUT2D eigenvalue weighted by Crippen LogP contribution is 2.34. The monoisotopic (exact) mass is 451 g/mol. The minimum atomic E-state index is -0.511. The van der Waals surface area contributed by atoms with Crippen LogP contribution in [0.25, 0.3) is 0 Å². The molecule has 33 heavy (non-hydrogen) atoms. The molecule has 0 spiro atoms. The SMILES string of the molecule is CN(C)c1ccc(CNC2C3COC(O3)C(N3CCC(Cc4ccccc4)CC3)C2O)cc1. The van der Waals surface area contributed by atoms with E-state index in [0.717, 1.165) is 32.4 Å². The first-order valence-electron chi connectivity index (χ1n) is 12.3. The summed E-state index contributed by atoms with van der Waals surface area (Å²) in [7, 11) is 4.09. The molecule has 3 aliphatic rings. The highest BCUT2D eigenvalue weighted by atomic mass is 16.7. The van der Waals surface area contributed by atoms with E-state index < -0.39 is 6.10 Å². The first kappa shape index (κ1) is 22.8. The summed E-state index contributed by atoms with van der Waals surface area (Å²) in [6, 6.07) is 19.1. The fourth-order valence-electron chi connectivity index (χ4n) is 5.59. The van der Waals surface area contributed by atoms with Gasteiger partial charge < -0.3 is 24.8 Å². The van der Waals surface area contributed by atoms with E-state index in [1.165, 1.54) is 16.8 Å². The van der Waals surface area contributed by atoms with Gasteiger partial charge in [-0.05, 0) is 61.5 Å². The summed E-state index contributed by atoms with van der Waals surface area (Å²) in [6.45, 7) is 3.20. The lowest BCUT2D eigenvalue weighted by atomic mass is 9.87. The Labute approximate surface area is 197 Å². The van der Waals surface area contributed by atoms with Gasteiger partial charge in [-0.3, -0.25) is 4.90 Å². The maximum absolute atomic E-state index is 11.4. The molecule has 0 aliphatic carbocycles. The second-order valence-electron chi connectivity index (χ2n) is 9.99. The molecule has 5 atom stereocenters. The lowest BCUT2D eigenvalue weighted by Gasteiger charge is -2.46. The predicted molar refractivity (Wildman–Crippen MR) is 130 cm³/mol. The van der Waals surface area contributed by atoms with Crippen LogP contribution in [0.4, 0.5) is 5.69 Å². The van der Waals surface area contributed by atoms with E-state index in [1.54, 1.807) is 0 Å². The van der Waals surface area contributed by atoms with Gasteiger partial charge in [0.15, 0.2) is 6.29 Å². The number of likely N-dealkylation sites (tertiary alicyclic amines) is 1. The van der Waals surface area contributed by atoms with Crippen molar-refractivity contribution in [2.24, 2.45) is 5.92 Å². The zero-order chi connectivity index (χ0) is 22.8. The zero-order valence-electron chi connectivity index (χ0n) is 19.8. The molecule has 5 rings (SSSR count). The van der Waals surface area contributed by atoms with Crippen LogP contribution in [0.5, 0.6) is 0 Å². The first-order valence-corrected chi connectivity index (χ1v) is 12.3. The number of hydrogen-bond donors (Lipinski definition) is 2. The molecular formula is C27H37N3O3. The van der Waals surface area contributed by atoms with Crippen LogP contribution in [0, 0.1) is 5.92 Å². The molecule has 3 fully saturated rings. The predicted octanol–water partition coefficient (Wildman–Crippen LogP) is 2.65. The second-order valence-corrected chi connectivity index (χ2v) is 9.99. The number of hydrogen-bond acceptors (Lipinski definition) is 6. The minimum Gasteiger partial charge on any atom is -0.390 e. The Balaban J connectivity index is 1.18. The third kappa shape index (κ3) is 5.10. The number of nitrogens with one attached hydrogen (secondary N) is 1. The summed E-state index contributed by atoms with van der Waals surface area (Å²) in [5, 5.41) is 15.0. The average molecular weight is 452 g/mol. The van der Waals surface area contributed by atoms with Gasteiger partial charge in [0.2, 0.25) is 0 Å². The van der Waals surface area contributed by atoms with Crippen LogP contribution in [0.1, 0.15) is 24.0 Å². The number of nitrogens with zero attached hydrogens (tertiary/aromatic N) is 2. The van der Waals surface area contributed by atoms with Crippen molar-refractivity contribution >= 4 is 5.69 Å². The normalized spacial score (nSPS) is 30.5. The largest absolute Gasteiger partial charge is 0.390 e. The van der Waals surface area contributed by atoms with Gasteiger partial charge in [-0.15, -0.1) is 0 Å². The van der Waals surface area contributed by atoms with E-state index in [0.29, 0.717) is 19.1 Å². The number of anilines is 1. The molecular weight excluding hydrogens is 414 g/mol. The van der Waals surface area contributed by atoms with Crippen molar-refractivity contribution in [3.8, 4) is 0 Å². The summed E-state index contributed by atoms with van der Waals surface area (Å²) in [6.07, 6.45) is 2.49. The molecule has 2 N–H and O–H groups in total. The lowest BCUT2D eigenvalue weighted by Crippen LogP contribution is -2.65. The second kappa shape index (κ2) is 10.1. The van der Waals surface area contributed by atoms with Gasteiger partial charge in [-0.1, -0.05) is 42.5 Å². The molecule has 2 bridgehead atoms. The summed E-state index contributed by atoms with van der Waals surface area (Å²) in [5.74, 6) is 0.696. The summed E-state index contributed by atoms with van der Waals surface area (Å²) < 4.78 is 12.2. The Hall–Kier alpha value is -1.96. The number of fused-ring (bicyclic) bond motifs is 2. The maximum atomic E-state index is 11.4.